The SMILES string of the molecule is CN1C[C@H](C(=O)N[C@@H](Cc2ccc([N+](=O)[O-])cc2)C(=O)N[C@@H](Cc2ccc(F)cc2)C(=O)N2CCCC(C(=O)NCCCCCC(=O)NCCCC[C@H](NC(=O)CCCC[C@H]3SC[C@H]4NC(=O)N[C@H]43)C(N)=O)C2)C=C2c3cccc4[nH]cc(c34)C[C@H]21. The highest BCUT2D eigenvalue weighted by atomic mass is 32.2. The highest BCUT2D eigenvalue weighted by Crippen LogP contribution is 2.41. The smallest absolute Gasteiger partial charge is 0.315 e. The maximum atomic E-state index is 14.7. The Labute approximate surface area is 503 Å². The standard InChI is InChI=1S/C62H79FN12O10S/c1-73-34-41(31-45-44-12-9-14-46-55(44)40(33-67-46)32-51(45)73)59(80)69-48(29-38-20-24-43(25-21-38)75(84)85)60(81)70-49(30-37-18-22-42(63)23-19-37)61(82)74-28-10-11-39(35-74)58(79)66-27-7-2-3-16-53(76)65-26-8-6-13-47(57(64)78)68-54(77)17-5-4-15-52-56-50(36-86-52)71-62(83)72-56/h9,12,14,18-25,31,33,39,41,47-52,56,67H,2-8,10-11,13,15-17,26-30,32,34-36H2,1H3,(H2,64,78)(H,65,76)(H,66,79)(H,68,77)(H,69,80)(H,70,81)(H2,71,72,83)/t39?,41-,47+,48+,49+,50-,51-,52-,56-/m1/s1. The zero-order valence-corrected chi connectivity index (χ0v) is 49.4. The number of non-ortho nitro benzene ring substituents is 1. The average Bonchev–Trinajstić information content (AvgIpc) is 1.54. The first-order valence-corrected chi connectivity index (χ1v) is 31.2. The topological polar surface area (TPSA) is 312 Å². The van der Waals surface area contributed by atoms with Crippen molar-refractivity contribution in [2.24, 2.45) is 17.6 Å². The van der Waals surface area contributed by atoms with Crippen LogP contribution in [0.25, 0.3) is 16.5 Å². The normalized spacial score (nSPS) is 21.5. The van der Waals surface area contributed by atoms with Gasteiger partial charge in [0.05, 0.1) is 28.8 Å². The Morgan fingerprint density at radius 1 is 0.802 bits per heavy atom. The van der Waals surface area contributed by atoms with E-state index in [-0.39, 0.29) is 73.4 Å². The summed E-state index contributed by atoms with van der Waals surface area (Å²) in [6.07, 6.45) is 12.1. The van der Waals surface area contributed by atoms with Gasteiger partial charge in [-0.15, -0.1) is 0 Å². The summed E-state index contributed by atoms with van der Waals surface area (Å²) >= 11 is 1.83. The van der Waals surface area contributed by atoms with Crippen molar-refractivity contribution in [3.8, 4) is 0 Å². The van der Waals surface area contributed by atoms with Crippen LogP contribution in [0.15, 0.2) is 79.0 Å². The number of urea groups is 1. The number of halogens is 1. The number of nitrogens with two attached hydrogens (primary N) is 1. The number of rotatable bonds is 29. The van der Waals surface area contributed by atoms with E-state index in [2.05, 4.69) is 53.2 Å². The highest BCUT2D eigenvalue weighted by Gasteiger charge is 2.43. The molecule has 0 spiro atoms. The summed E-state index contributed by atoms with van der Waals surface area (Å²) in [7, 11) is 1.97. The van der Waals surface area contributed by atoms with E-state index in [1.807, 2.05) is 43.2 Å². The first-order chi connectivity index (χ1) is 41.5. The number of likely N-dealkylation sites (N-methyl/N-ethyl adjacent to an activating group) is 1. The number of fused-ring (bicyclic) bond motifs is 3. The van der Waals surface area contributed by atoms with E-state index in [0.717, 1.165) is 47.1 Å². The number of thioether (sulfide) groups is 1. The van der Waals surface area contributed by atoms with Gasteiger partial charge in [-0.2, -0.15) is 11.8 Å². The number of nitrogens with zero attached hydrogens (tertiary/aromatic N) is 3. The average molecular weight is 1200 g/mol. The van der Waals surface area contributed by atoms with Gasteiger partial charge in [0.15, 0.2) is 0 Å². The second-order valence-corrected chi connectivity index (χ2v) is 24.7. The monoisotopic (exact) mass is 1200 g/mol. The molecular formula is C62H79FN12O10S. The second kappa shape index (κ2) is 29.5. The summed E-state index contributed by atoms with van der Waals surface area (Å²) < 4.78 is 14.2. The van der Waals surface area contributed by atoms with Crippen molar-refractivity contribution >= 4 is 81.3 Å². The highest BCUT2D eigenvalue weighted by molar-refractivity contribution is 8.00. The van der Waals surface area contributed by atoms with Crippen LogP contribution < -0.4 is 43.0 Å². The number of primary amides is 1. The molecule has 3 saturated heterocycles. The van der Waals surface area contributed by atoms with Gasteiger partial charge >= 0.3 is 6.03 Å². The fraction of sp³-hybridized carbons (Fsp3) is 0.516. The lowest BCUT2D eigenvalue weighted by Crippen LogP contribution is -2.58. The quantitative estimate of drug-likeness (QED) is 0.0158. The number of carbonyl (C=O) groups excluding carboxylic acids is 8. The van der Waals surface area contributed by atoms with Crippen LogP contribution in [0.5, 0.6) is 0 Å². The van der Waals surface area contributed by atoms with Gasteiger partial charge in [0, 0.05) is 105 Å². The Hall–Kier alpha value is -7.86. The molecule has 5 aliphatic rings. The third-order valence-electron chi connectivity index (χ3n) is 17.3. The van der Waals surface area contributed by atoms with Crippen LogP contribution >= 0.6 is 11.8 Å². The van der Waals surface area contributed by atoms with Crippen molar-refractivity contribution in [1.82, 2.24) is 52.0 Å². The lowest BCUT2D eigenvalue weighted by molar-refractivity contribution is -0.384. The third kappa shape index (κ3) is 16.4. The van der Waals surface area contributed by atoms with Crippen LogP contribution in [0.1, 0.15) is 106 Å². The van der Waals surface area contributed by atoms with Gasteiger partial charge in [-0.05, 0) is 117 Å². The number of amides is 9. The molecule has 22 nitrogen and oxygen atoms in total. The molecule has 0 bridgehead atoms. The number of nitro groups is 1. The Morgan fingerprint density at radius 2 is 1.52 bits per heavy atom. The number of nitro benzene ring substituents is 1. The zero-order valence-electron chi connectivity index (χ0n) is 48.5. The molecule has 9 amide bonds. The summed E-state index contributed by atoms with van der Waals surface area (Å²) in [5.74, 6) is -3.50. The molecule has 0 saturated carbocycles. The van der Waals surface area contributed by atoms with Gasteiger partial charge in [-0.3, -0.25) is 48.6 Å². The number of carbonyl (C=O) groups is 8. The number of piperidine rings is 1. The first kappa shape index (κ1) is 62.7. The Balaban J connectivity index is 0.722. The molecule has 4 aliphatic heterocycles. The molecule has 1 aromatic heterocycles. The molecule has 5 heterocycles. The molecule has 10 N–H and O–H groups in total. The van der Waals surface area contributed by atoms with Crippen molar-refractivity contribution in [1.29, 1.82) is 0 Å². The fourth-order valence-corrected chi connectivity index (χ4v) is 14.1. The summed E-state index contributed by atoms with van der Waals surface area (Å²) in [6.45, 7) is 1.56. The predicted molar refractivity (Wildman–Crippen MR) is 323 cm³/mol. The molecule has 24 heteroatoms. The molecular weight excluding hydrogens is 1120 g/mol. The minimum atomic E-state index is -1.22. The number of benzene rings is 3. The number of hydrogen-bond donors (Lipinski definition) is 9. The number of aromatic amines is 1. The fourth-order valence-electron chi connectivity index (χ4n) is 12.6. The summed E-state index contributed by atoms with van der Waals surface area (Å²) in [6, 6.07) is 14.3. The molecule has 0 radical (unpaired) electrons. The third-order valence-corrected chi connectivity index (χ3v) is 18.8. The number of aromatic nitrogens is 1. The van der Waals surface area contributed by atoms with E-state index in [0.29, 0.717) is 107 Å². The Bertz CT molecular complexity index is 3160. The lowest BCUT2D eigenvalue weighted by Gasteiger charge is -2.39. The van der Waals surface area contributed by atoms with Crippen LogP contribution in [0, 0.1) is 27.8 Å². The number of hydrogen-bond acceptors (Lipinski definition) is 12. The summed E-state index contributed by atoms with van der Waals surface area (Å²) in [4.78, 5) is 125. The summed E-state index contributed by atoms with van der Waals surface area (Å²) in [5.41, 5.74) is 10.8. The Morgan fingerprint density at radius 3 is 2.29 bits per heavy atom. The summed E-state index contributed by atoms with van der Waals surface area (Å²) in [5, 5.41) is 33.4. The molecule has 1 aliphatic carbocycles. The first-order valence-electron chi connectivity index (χ1n) is 30.2. The minimum absolute atomic E-state index is 0.0216. The number of likely N-dealkylation sites (tertiary alicyclic amines) is 1. The molecule has 86 heavy (non-hydrogen) atoms. The number of nitrogens with one attached hydrogen (secondary N) is 8. The van der Waals surface area contributed by atoms with E-state index in [1.165, 1.54) is 54.1 Å². The van der Waals surface area contributed by atoms with Crippen molar-refractivity contribution in [3.05, 3.63) is 117 Å². The van der Waals surface area contributed by atoms with Gasteiger partial charge in [-0.1, -0.05) is 55.3 Å². The van der Waals surface area contributed by atoms with E-state index in [1.54, 1.807) is 4.90 Å². The van der Waals surface area contributed by atoms with Crippen LogP contribution in [0.3, 0.4) is 0 Å². The maximum absolute atomic E-state index is 14.7. The van der Waals surface area contributed by atoms with Crippen LogP contribution in [-0.4, -0.2) is 154 Å². The van der Waals surface area contributed by atoms with Crippen molar-refractivity contribution in [2.75, 3.05) is 45.5 Å². The van der Waals surface area contributed by atoms with E-state index in [9.17, 15) is 52.9 Å². The lowest BCUT2D eigenvalue weighted by atomic mass is 9.79. The Kier molecular flexibility index (Phi) is 21.5. The predicted octanol–water partition coefficient (Wildman–Crippen LogP) is 4.44. The number of H-pyrrole nitrogens is 1. The zero-order chi connectivity index (χ0) is 60.9. The van der Waals surface area contributed by atoms with Crippen LogP contribution in [-0.2, 0) is 52.8 Å². The van der Waals surface area contributed by atoms with Crippen LogP contribution in [0.2, 0.25) is 0 Å². The second-order valence-electron chi connectivity index (χ2n) is 23.5. The molecule has 3 aromatic carbocycles. The van der Waals surface area contributed by atoms with E-state index in [4.69, 9.17) is 5.73 Å². The van der Waals surface area contributed by atoms with Gasteiger partial charge in [-0.25, -0.2) is 9.18 Å². The molecule has 4 aromatic rings. The number of unbranched alkanes of at least 4 members (excludes halogenated alkanes) is 4. The van der Waals surface area contributed by atoms with Gasteiger partial charge in [0.2, 0.25) is 41.4 Å². The van der Waals surface area contributed by atoms with E-state index < -0.39 is 64.3 Å². The van der Waals surface area contributed by atoms with Crippen LogP contribution in [0.4, 0.5) is 14.9 Å². The van der Waals surface area contributed by atoms with Gasteiger partial charge in [0.25, 0.3) is 5.69 Å². The largest absolute Gasteiger partial charge is 0.368 e. The van der Waals surface area contributed by atoms with Crippen molar-refractivity contribution in [3.63, 3.8) is 0 Å². The molecule has 9 atom stereocenters. The molecule has 3 fully saturated rings. The minimum Gasteiger partial charge on any atom is -0.368 e. The molecule has 460 valence electrons. The van der Waals surface area contributed by atoms with E-state index >= 15 is 0 Å². The van der Waals surface area contributed by atoms with Crippen molar-refractivity contribution in [2.45, 2.75) is 144 Å². The molecule has 9 rings (SSSR count). The maximum Gasteiger partial charge on any atom is 0.315 e. The molecule has 1 unspecified atom stereocenters. The van der Waals surface area contributed by atoms with Gasteiger partial charge in [0.1, 0.15) is 23.9 Å². The van der Waals surface area contributed by atoms with Gasteiger partial charge < -0.3 is 52.8 Å². The van der Waals surface area contributed by atoms with Crippen molar-refractivity contribution < 1.29 is 47.7 Å².